The second-order valence-electron chi connectivity index (χ2n) is 6.58. The quantitative estimate of drug-likeness (QED) is 0.779. The van der Waals surface area contributed by atoms with Crippen LogP contribution in [0.15, 0.2) is 41.1 Å². The fourth-order valence-electron chi connectivity index (χ4n) is 3.48. The molecule has 1 N–H and O–H groups in total. The highest BCUT2D eigenvalue weighted by Crippen LogP contribution is 2.36. The Balaban J connectivity index is 1.56. The standard InChI is InChI=1S/C19H19FN4O2/c1-12-9-17(26-23-12)15-11-21-22-19(15)16-3-2-8-24(16)18(25)10-13-4-6-14(20)7-5-13/h4-7,9,11,16H,2-3,8,10H2,1H3,(H,21,22)/t16-/m0/s1. The summed E-state index contributed by atoms with van der Waals surface area (Å²) < 4.78 is 18.4. The summed E-state index contributed by atoms with van der Waals surface area (Å²) in [7, 11) is 0. The average Bonchev–Trinajstić information content (AvgIpc) is 3.35. The number of amides is 1. The van der Waals surface area contributed by atoms with Gasteiger partial charge in [0, 0.05) is 12.6 Å². The molecule has 1 saturated heterocycles. The summed E-state index contributed by atoms with van der Waals surface area (Å²) in [5.74, 6) is 0.363. The van der Waals surface area contributed by atoms with Crippen molar-refractivity contribution >= 4 is 5.91 Å². The van der Waals surface area contributed by atoms with Crippen molar-refractivity contribution in [3.8, 4) is 11.3 Å². The highest BCUT2D eigenvalue weighted by molar-refractivity contribution is 5.80. The Morgan fingerprint density at radius 2 is 2.19 bits per heavy atom. The van der Waals surface area contributed by atoms with Crippen molar-refractivity contribution in [3.05, 3.63) is 59.3 Å². The maximum Gasteiger partial charge on any atom is 0.227 e. The van der Waals surface area contributed by atoms with Crippen LogP contribution in [0.25, 0.3) is 11.3 Å². The fraction of sp³-hybridized carbons (Fsp3) is 0.316. The van der Waals surface area contributed by atoms with Crippen molar-refractivity contribution in [2.75, 3.05) is 6.54 Å². The Morgan fingerprint density at radius 3 is 2.92 bits per heavy atom. The minimum atomic E-state index is -0.301. The topological polar surface area (TPSA) is 75.0 Å². The molecule has 3 heterocycles. The molecule has 1 atom stereocenters. The molecule has 1 aliphatic heterocycles. The number of nitrogens with zero attached hydrogens (tertiary/aromatic N) is 3. The van der Waals surface area contributed by atoms with Gasteiger partial charge < -0.3 is 9.42 Å². The maximum absolute atomic E-state index is 13.1. The van der Waals surface area contributed by atoms with Crippen molar-refractivity contribution in [2.45, 2.75) is 32.2 Å². The van der Waals surface area contributed by atoms with Gasteiger partial charge in [0.2, 0.25) is 5.91 Å². The number of H-pyrrole nitrogens is 1. The van der Waals surface area contributed by atoms with Gasteiger partial charge in [0.1, 0.15) is 5.82 Å². The second kappa shape index (κ2) is 6.74. The number of aromatic nitrogens is 3. The Labute approximate surface area is 150 Å². The van der Waals surface area contributed by atoms with Gasteiger partial charge in [-0.25, -0.2) is 4.39 Å². The lowest BCUT2D eigenvalue weighted by atomic mass is 10.0. The van der Waals surface area contributed by atoms with E-state index in [9.17, 15) is 9.18 Å². The summed E-state index contributed by atoms with van der Waals surface area (Å²) in [5, 5.41) is 11.1. The molecular weight excluding hydrogens is 335 g/mol. The molecule has 134 valence electrons. The van der Waals surface area contributed by atoms with Crippen LogP contribution in [0.1, 0.15) is 35.8 Å². The molecule has 1 aliphatic rings. The Kier molecular flexibility index (Phi) is 4.28. The minimum absolute atomic E-state index is 0.0217. The summed E-state index contributed by atoms with van der Waals surface area (Å²) >= 11 is 0. The SMILES string of the molecule is Cc1cc(-c2cn[nH]c2[C@@H]2CCCN2C(=O)Cc2ccc(F)cc2)on1. The molecule has 1 aromatic carbocycles. The molecule has 0 spiro atoms. The average molecular weight is 354 g/mol. The zero-order valence-electron chi connectivity index (χ0n) is 14.4. The molecule has 2 aromatic heterocycles. The van der Waals surface area contributed by atoms with Gasteiger partial charge in [0.05, 0.1) is 35.6 Å². The van der Waals surface area contributed by atoms with Crippen LogP contribution in [-0.2, 0) is 11.2 Å². The lowest BCUT2D eigenvalue weighted by molar-refractivity contribution is -0.131. The normalized spacial score (nSPS) is 17.0. The molecule has 0 bridgehead atoms. The predicted octanol–water partition coefficient (Wildman–Crippen LogP) is 3.42. The second-order valence-corrected chi connectivity index (χ2v) is 6.58. The highest BCUT2D eigenvalue weighted by atomic mass is 19.1. The molecule has 0 radical (unpaired) electrons. The van der Waals surface area contributed by atoms with Crippen molar-refractivity contribution in [1.29, 1.82) is 0 Å². The van der Waals surface area contributed by atoms with Gasteiger partial charge in [-0.15, -0.1) is 0 Å². The van der Waals surface area contributed by atoms with E-state index in [0.717, 1.165) is 35.4 Å². The monoisotopic (exact) mass is 354 g/mol. The molecule has 0 aliphatic carbocycles. The van der Waals surface area contributed by atoms with Gasteiger partial charge in [0.25, 0.3) is 0 Å². The third-order valence-corrected chi connectivity index (χ3v) is 4.74. The van der Waals surface area contributed by atoms with E-state index in [0.29, 0.717) is 12.3 Å². The summed E-state index contributed by atoms with van der Waals surface area (Å²) in [6, 6.07) is 7.83. The van der Waals surface area contributed by atoms with Crippen molar-refractivity contribution < 1.29 is 13.7 Å². The van der Waals surface area contributed by atoms with Crippen molar-refractivity contribution in [2.24, 2.45) is 0 Å². The van der Waals surface area contributed by atoms with Gasteiger partial charge in [-0.3, -0.25) is 9.89 Å². The molecule has 26 heavy (non-hydrogen) atoms. The molecule has 1 amide bonds. The number of likely N-dealkylation sites (tertiary alicyclic amines) is 1. The Morgan fingerprint density at radius 1 is 1.38 bits per heavy atom. The number of carbonyl (C=O) groups is 1. The van der Waals surface area contributed by atoms with Crippen LogP contribution >= 0.6 is 0 Å². The maximum atomic E-state index is 13.1. The van der Waals surface area contributed by atoms with E-state index in [-0.39, 0.29) is 24.2 Å². The van der Waals surface area contributed by atoms with E-state index in [4.69, 9.17) is 4.52 Å². The van der Waals surface area contributed by atoms with E-state index in [1.54, 1.807) is 18.3 Å². The van der Waals surface area contributed by atoms with Crippen LogP contribution in [0, 0.1) is 12.7 Å². The van der Waals surface area contributed by atoms with Crippen LogP contribution in [0.5, 0.6) is 0 Å². The van der Waals surface area contributed by atoms with Gasteiger partial charge in [-0.2, -0.15) is 5.10 Å². The van der Waals surface area contributed by atoms with Crippen molar-refractivity contribution in [1.82, 2.24) is 20.3 Å². The first-order valence-corrected chi connectivity index (χ1v) is 8.62. The molecular formula is C19H19FN4O2. The zero-order chi connectivity index (χ0) is 18.1. The first-order valence-electron chi connectivity index (χ1n) is 8.62. The smallest absolute Gasteiger partial charge is 0.227 e. The lowest BCUT2D eigenvalue weighted by Crippen LogP contribution is -2.32. The third-order valence-electron chi connectivity index (χ3n) is 4.74. The largest absolute Gasteiger partial charge is 0.356 e. The number of aryl methyl sites for hydroxylation is 1. The van der Waals surface area contributed by atoms with Crippen LogP contribution in [0.3, 0.4) is 0 Å². The lowest BCUT2D eigenvalue weighted by Gasteiger charge is -2.24. The molecule has 1 fully saturated rings. The molecule has 3 aromatic rings. The Bertz CT molecular complexity index is 916. The zero-order valence-corrected chi connectivity index (χ0v) is 14.4. The highest BCUT2D eigenvalue weighted by Gasteiger charge is 2.33. The molecule has 7 heteroatoms. The van der Waals surface area contributed by atoms with Crippen LogP contribution in [-0.4, -0.2) is 32.7 Å². The van der Waals surface area contributed by atoms with E-state index < -0.39 is 0 Å². The number of hydrogen-bond acceptors (Lipinski definition) is 4. The number of benzene rings is 1. The molecule has 0 saturated carbocycles. The summed E-state index contributed by atoms with van der Waals surface area (Å²) in [6.45, 7) is 2.55. The van der Waals surface area contributed by atoms with Crippen LogP contribution < -0.4 is 0 Å². The Hall–Kier alpha value is -2.96. The third kappa shape index (κ3) is 3.12. The van der Waals surface area contributed by atoms with Gasteiger partial charge in [-0.05, 0) is 37.5 Å². The number of hydrogen-bond donors (Lipinski definition) is 1. The van der Waals surface area contributed by atoms with E-state index in [1.165, 1.54) is 12.1 Å². The van der Waals surface area contributed by atoms with Crippen molar-refractivity contribution in [3.63, 3.8) is 0 Å². The fourth-order valence-corrected chi connectivity index (χ4v) is 3.48. The first kappa shape index (κ1) is 16.5. The van der Waals surface area contributed by atoms with E-state index in [2.05, 4.69) is 15.4 Å². The molecule has 0 unspecified atom stereocenters. The number of rotatable bonds is 4. The molecule has 4 rings (SSSR count). The van der Waals surface area contributed by atoms with E-state index in [1.807, 2.05) is 17.9 Å². The summed E-state index contributed by atoms with van der Waals surface area (Å²) in [6.07, 6.45) is 3.74. The minimum Gasteiger partial charge on any atom is -0.356 e. The number of nitrogens with one attached hydrogen (secondary N) is 1. The number of carbonyl (C=O) groups excluding carboxylic acids is 1. The van der Waals surface area contributed by atoms with Crippen LogP contribution in [0.4, 0.5) is 4.39 Å². The predicted molar refractivity (Wildman–Crippen MR) is 92.6 cm³/mol. The van der Waals surface area contributed by atoms with Crippen LogP contribution in [0.2, 0.25) is 0 Å². The first-order chi connectivity index (χ1) is 12.6. The number of halogens is 1. The van der Waals surface area contributed by atoms with Gasteiger partial charge >= 0.3 is 0 Å². The molecule has 6 nitrogen and oxygen atoms in total. The number of aromatic amines is 1. The summed E-state index contributed by atoms with van der Waals surface area (Å²) in [4.78, 5) is 14.7. The van der Waals surface area contributed by atoms with E-state index >= 15 is 0 Å². The summed E-state index contributed by atoms with van der Waals surface area (Å²) in [5.41, 5.74) is 3.30. The van der Waals surface area contributed by atoms with Gasteiger partial charge in [0.15, 0.2) is 5.76 Å². The van der Waals surface area contributed by atoms with Gasteiger partial charge in [-0.1, -0.05) is 17.3 Å².